The van der Waals surface area contributed by atoms with Gasteiger partial charge in [0, 0.05) is 6.42 Å². The van der Waals surface area contributed by atoms with Gasteiger partial charge in [-0.3, -0.25) is 9.59 Å². The number of carbonyl (C=O) groups excluding carboxylic acids is 1. The largest absolute Gasteiger partial charge is 0.481 e. The Hall–Kier alpha value is -3.24. The van der Waals surface area contributed by atoms with Gasteiger partial charge in [0.2, 0.25) is 5.91 Å². The van der Waals surface area contributed by atoms with Gasteiger partial charge in [-0.25, -0.2) is 9.37 Å². The molecule has 2 fully saturated rings. The maximum absolute atomic E-state index is 14.3. The van der Waals surface area contributed by atoms with Crippen molar-refractivity contribution in [3.8, 4) is 0 Å². The average Bonchev–Trinajstić information content (AvgIpc) is 3.47. The topological polar surface area (TPSA) is 118 Å². The van der Waals surface area contributed by atoms with Crippen LogP contribution in [-0.4, -0.2) is 63.3 Å². The van der Waals surface area contributed by atoms with Crippen molar-refractivity contribution in [1.82, 2.24) is 14.9 Å². The van der Waals surface area contributed by atoms with E-state index in [2.05, 4.69) is 15.3 Å². The van der Waals surface area contributed by atoms with Gasteiger partial charge in [-0.15, -0.1) is 0 Å². The Morgan fingerprint density at radius 3 is 2.68 bits per heavy atom. The van der Waals surface area contributed by atoms with Gasteiger partial charge >= 0.3 is 5.97 Å². The van der Waals surface area contributed by atoms with Crippen molar-refractivity contribution in [3.63, 3.8) is 0 Å². The van der Waals surface area contributed by atoms with Gasteiger partial charge in [-0.05, 0) is 49.9 Å². The summed E-state index contributed by atoms with van der Waals surface area (Å²) in [4.78, 5) is 34.4. The van der Waals surface area contributed by atoms with Crippen LogP contribution in [0.5, 0.6) is 0 Å². The molecule has 0 bridgehead atoms. The summed E-state index contributed by atoms with van der Waals surface area (Å²) in [6, 6.07) is 10.7. The molecule has 3 aromatic rings. The molecule has 11 heteroatoms. The first kappa shape index (κ1) is 25.4. The number of carboxylic acids is 1. The molecule has 1 aliphatic heterocycles. The Kier molecular flexibility index (Phi) is 7.57. The third kappa shape index (κ3) is 6.02. The lowest BCUT2D eigenvalue weighted by Gasteiger charge is -2.29. The number of alkyl halides is 1. The highest BCUT2D eigenvalue weighted by Gasteiger charge is 2.36. The van der Waals surface area contributed by atoms with Gasteiger partial charge in [0.05, 0.1) is 49.0 Å². The lowest BCUT2D eigenvalue weighted by molar-refractivity contribution is -0.144. The molecule has 0 spiro atoms. The summed E-state index contributed by atoms with van der Waals surface area (Å²) in [6.45, 7) is 0.250. The number of hydrogen-bond donors (Lipinski definition) is 2. The minimum Gasteiger partial charge on any atom is -0.481 e. The Balaban J connectivity index is 1.17. The summed E-state index contributed by atoms with van der Waals surface area (Å²) in [5.41, 5.74) is 2.30. The number of nitrogens with zero attached hydrogens (tertiary/aromatic N) is 3. The lowest BCUT2D eigenvalue weighted by Crippen LogP contribution is -2.40. The molecule has 1 amide bonds. The number of nitrogens with one attached hydrogen (secondary N) is 1. The van der Waals surface area contributed by atoms with E-state index in [-0.39, 0.29) is 61.1 Å². The van der Waals surface area contributed by atoms with Crippen LogP contribution in [-0.2, 0) is 20.7 Å². The average molecular weight is 531 g/mol. The number of amides is 1. The van der Waals surface area contributed by atoms with E-state index in [1.54, 1.807) is 12.1 Å². The molecule has 2 N–H and O–H groups in total. The van der Waals surface area contributed by atoms with Crippen LogP contribution in [0.15, 0.2) is 40.8 Å². The number of aliphatic carboxylic acids is 1. The highest BCUT2D eigenvalue weighted by atomic mass is 35.5. The van der Waals surface area contributed by atoms with Crippen molar-refractivity contribution >= 4 is 46.3 Å². The number of hydrogen-bond acceptors (Lipinski definition) is 7. The maximum Gasteiger partial charge on any atom is 0.306 e. The summed E-state index contributed by atoms with van der Waals surface area (Å²) in [7, 11) is 0. The standard InChI is InChI=1S/C26H28ClFN4O5/c27-24-21(31-26-30-20-3-1-2-4-22(20)37-26)10-7-17(29-24)12-23(33)32-13-16(28)11-18(32)14-36-19-8-5-15(6-9-19)25(34)35/h1-4,7,10,15-16,18-19H,5-6,8-9,11-14H2,(H,30,31)(H,34,35)/t15?,16-,18-,19?/m0/s1. The van der Waals surface area contributed by atoms with E-state index in [4.69, 9.17) is 25.9 Å². The number of anilines is 2. The Bertz CT molecular complexity index is 1250. The summed E-state index contributed by atoms with van der Waals surface area (Å²) >= 11 is 6.35. The number of carbonyl (C=O) groups is 2. The quantitative estimate of drug-likeness (QED) is 0.400. The number of halogens is 2. The molecule has 3 heterocycles. The normalized spacial score (nSPS) is 23.9. The zero-order chi connectivity index (χ0) is 25.9. The highest BCUT2D eigenvalue weighted by molar-refractivity contribution is 6.32. The monoisotopic (exact) mass is 530 g/mol. The Labute approximate surface area is 218 Å². The summed E-state index contributed by atoms with van der Waals surface area (Å²) in [5, 5.41) is 12.3. The van der Waals surface area contributed by atoms with E-state index in [0.717, 1.165) is 0 Å². The fourth-order valence-electron chi connectivity index (χ4n) is 5.01. The zero-order valence-electron chi connectivity index (χ0n) is 20.1. The van der Waals surface area contributed by atoms with E-state index in [0.29, 0.717) is 48.2 Å². The van der Waals surface area contributed by atoms with Crippen LogP contribution < -0.4 is 5.32 Å². The number of pyridine rings is 1. The predicted molar refractivity (Wildman–Crippen MR) is 135 cm³/mol. The van der Waals surface area contributed by atoms with Crippen molar-refractivity contribution in [2.45, 2.75) is 56.8 Å². The van der Waals surface area contributed by atoms with E-state index in [9.17, 15) is 14.0 Å². The predicted octanol–water partition coefficient (Wildman–Crippen LogP) is 4.76. The Morgan fingerprint density at radius 2 is 1.95 bits per heavy atom. The minimum absolute atomic E-state index is 0.0176. The molecule has 1 saturated heterocycles. The zero-order valence-corrected chi connectivity index (χ0v) is 20.9. The van der Waals surface area contributed by atoms with E-state index < -0.39 is 12.1 Å². The lowest BCUT2D eigenvalue weighted by atomic mass is 9.87. The molecule has 1 aliphatic carbocycles. The molecule has 1 aromatic carbocycles. The van der Waals surface area contributed by atoms with Crippen LogP contribution in [0, 0.1) is 5.92 Å². The molecular weight excluding hydrogens is 503 g/mol. The molecule has 2 atom stereocenters. The second-order valence-electron chi connectivity index (χ2n) is 9.61. The smallest absolute Gasteiger partial charge is 0.306 e. The minimum atomic E-state index is -1.11. The second-order valence-corrected chi connectivity index (χ2v) is 9.97. The first-order chi connectivity index (χ1) is 17.9. The summed E-state index contributed by atoms with van der Waals surface area (Å²) in [6.07, 6.45) is 1.48. The van der Waals surface area contributed by atoms with Crippen LogP contribution >= 0.6 is 11.6 Å². The van der Waals surface area contributed by atoms with Gasteiger partial charge in [0.1, 0.15) is 11.7 Å². The number of ether oxygens (including phenoxy) is 1. The highest BCUT2D eigenvalue weighted by Crippen LogP contribution is 2.29. The molecule has 5 rings (SSSR count). The van der Waals surface area contributed by atoms with Gasteiger partial charge in [-0.1, -0.05) is 23.7 Å². The van der Waals surface area contributed by atoms with Crippen LogP contribution in [0.4, 0.5) is 16.1 Å². The number of benzene rings is 1. The molecule has 2 aliphatic rings. The van der Waals surface area contributed by atoms with Crippen molar-refractivity contribution in [2.75, 3.05) is 18.5 Å². The first-order valence-electron chi connectivity index (χ1n) is 12.4. The number of para-hydroxylation sites is 2. The van der Waals surface area contributed by atoms with Crippen molar-refractivity contribution in [3.05, 3.63) is 47.2 Å². The summed E-state index contributed by atoms with van der Waals surface area (Å²) < 4.78 is 25.9. The molecule has 1 saturated carbocycles. The van der Waals surface area contributed by atoms with Gasteiger partial charge in [0.25, 0.3) is 6.01 Å². The maximum atomic E-state index is 14.3. The molecule has 37 heavy (non-hydrogen) atoms. The molecule has 2 aromatic heterocycles. The second kappa shape index (κ2) is 11.0. The SMILES string of the molecule is O=C(O)C1CCC(OC[C@@H]2C[C@H](F)CN2C(=O)Cc2ccc(Nc3nc4ccccc4o3)c(Cl)n2)CC1. The molecule has 0 radical (unpaired) electrons. The number of aromatic nitrogens is 2. The van der Waals surface area contributed by atoms with E-state index in [1.165, 1.54) is 4.90 Å². The first-order valence-corrected chi connectivity index (χ1v) is 12.8. The van der Waals surface area contributed by atoms with Crippen LogP contribution in [0.2, 0.25) is 5.15 Å². The van der Waals surface area contributed by atoms with Crippen LogP contribution in [0.25, 0.3) is 11.1 Å². The summed E-state index contributed by atoms with van der Waals surface area (Å²) in [5.74, 6) is -1.34. The van der Waals surface area contributed by atoms with Gasteiger partial charge in [0.15, 0.2) is 10.7 Å². The third-order valence-electron chi connectivity index (χ3n) is 7.01. The van der Waals surface area contributed by atoms with Crippen LogP contribution in [0.3, 0.4) is 0 Å². The Morgan fingerprint density at radius 1 is 1.16 bits per heavy atom. The van der Waals surface area contributed by atoms with Crippen molar-refractivity contribution < 1.29 is 28.2 Å². The number of oxazole rings is 1. The van der Waals surface area contributed by atoms with Crippen molar-refractivity contribution in [1.29, 1.82) is 0 Å². The number of rotatable bonds is 8. The van der Waals surface area contributed by atoms with Gasteiger partial charge < -0.3 is 24.5 Å². The number of carboxylic acid groups (broad SMARTS) is 1. The fraction of sp³-hybridized carbons (Fsp3) is 0.462. The van der Waals surface area contributed by atoms with Crippen LogP contribution in [0.1, 0.15) is 37.8 Å². The fourth-order valence-corrected chi connectivity index (χ4v) is 5.23. The van der Waals surface area contributed by atoms with E-state index in [1.807, 2.05) is 24.3 Å². The van der Waals surface area contributed by atoms with Gasteiger partial charge in [-0.2, -0.15) is 4.98 Å². The van der Waals surface area contributed by atoms with E-state index >= 15 is 0 Å². The number of fused-ring (bicyclic) bond motifs is 1. The number of likely N-dealkylation sites (tertiary alicyclic amines) is 1. The molecule has 196 valence electrons. The molecular formula is C26H28ClFN4O5. The third-order valence-corrected chi connectivity index (χ3v) is 7.29. The molecule has 0 unspecified atom stereocenters. The molecule has 9 nitrogen and oxygen atoms in total. The van der Waals surface area contributed by atoms with Crippen molar-refractivity contribution in [2.24, 2.45) is 5.92 Å².